The van der Waals surface area contributed by atoms with Gasteiger partial charge in [0, 0.05) is 17.8 Å². The van der Waals surface area contributed by atoms with Crippen LogP contribution in [0.1, 0.15) is 39.8 Å². The Bertz CT molecular complexity index is 767. The second-order valence-corrected chi connectivity index (χ2v) is 4.90. The predicted molar refractivity (Wildman–Crippen MR) is 72.1 cm³/mol. The van der Waals surface area contributed by atoms with Crippen LogP contribution in [-0.4, -0.2) is 16.6 Å². The quantitative estimate of drug-likeness (QED) is 0.633. The molecule has 2 aromatic rings. The zero-order chi connectivity index (χ0) is 14.3. The van der Waals surface area contributed by atoms with Crippen molar-refractivity contribution in [3.8, 4) is 11.3 Å². The highest BCUT2D eigenvalue weighted by atomic mass is 16.3. The highest BCUT2D eigenvalue weighted by molar-refractivity contribution is 5.96. The van der Waals surface area contributed by atoms with Crippen LogP contribution in [0.15, 0.2) is 27.6 Å². The van der Waals surface area contributed by atoms with E-state index in [1.165, 1.54) is 19.3 Å². The molecule has 0 bridgehead atoms. The molecule has 1 aliphatic rings. The molecule has 5 heteroatoms. The number of rotatable bonds is 3. The van der Waals surface area contributed by atoms with E-state index in [2.05, 4.69) is 0 Å². The van der Waals surface area contributed by atoms with Crippen molar-refractivity contribution in [3.05, 3.63) is 45.6 Å². The summed E-state index contributed by atoms with van der Waals surface area (Å²) in [5.41, 5.74) is 1.88. The maximum absolute atomic E-state index is 12.4. The Morgan fingerprint density at radius 3 is 2.85 bits per heavy atom. The van der Waals surface area contributed by atoms with Gasteiger partial charge in [0.1, 0.15) is 12.0 Å². The lowest BCUT2D eigenvalue weighted by Gasteiger charge is -2.09. The second-order valence-electron chi connectivity index (χ2n) is 4.90. The van der Waals surface area contributed by atoms with Crippen molar-refractivity contribution in [2.24, 2.45) is 0 Å². The number of fused-ring (bicyclic) bond motifs is 1. The first kappa shape index (κ1) is 12.6. The van der Waals surface area contributed by atoms with E-state index >= 15 is 0 Å². The van der Waals surface area contributed by atoms with Gasteiger partial charge in [-0.05, 0) is 31.9 Å². The lowest BCUT2D eigenvalue weighted by molar-refractivity contribution is 0.101. The van der Waals surface area contributed by atoms with Crippen molar-refractivity contribution in [2.75, 3.05) is 0 Å². The molecule has 5 nitrogen and oxygen atoms in total. The van der Waals surface area contributed by atoms with Crippen molar-refractivity contribution < 1.29 is 14.0 Å². The normalized spacial score (nSPS) is 13.2. The lowest BCUT2D eigenvalue weighted by atomic mass is 10.0. The molecule has 2 aromatic heterocycles. The van der Waals surface area contributed by atoms with Crippen molar-refractivity contribution in [2.45, 2.75) is 26.3 Å². The van der Waals surface area contributed by atoms with Gasteiger partial charge in [0.2, 0.25) is 0 Å². The average Bonchev–Trinajstić information content (AvgIpc) is 3.07. The topological polar surface area (TPSA) is 69.3 Å². The van der Waals surface area contributed by atoms with Crippen LogP contribution in [0.5, 0.6) is 0 Å². The van der Waals surface area contributed by atoms with E-state index in [-0.39, 0.29) is 11.3 Å². The maximum Gasteiger partial charge on any atom is 0.261 e. The largest absolute Gasteiger partial charge is 0.463 e. The monoisotopic (exact) mass is 271 g/mol. The summed E-state index contributed by atoms with van der Waals surface area (Å²) in [4.78, 5) is 34.9. The van der Waals surface area contributed by atoms with Gasteiger partial charge >= 0.3 is 0 Å². The van der Waals surface area contributed by atoms with E-state index in [0.717, 1.165) is 18.5 Å². The fraction of sp³-hybridized carbons (Fsp3) is 0.267. The van der Waals surface area contributed by atoms with Crippen molar-refractivity contribution in [3.63, 3.8) is 0 Å². The molecule has 0 N–H and O–H groups in total. The molecule has 0 aromatic carbocycles. The summed E-state index contributed by atoms with van der Waals surface area (Å²) in [5, 5.41) is 0. The number of pyridine rings is 1. The predicted octanol–water partition coefficient (Wildman–Crippen LogP) is 2.07. The molecule has 102 valence electrons. The molecule has 1 aliphatic heterocycles. The SMILES string of the molecule is CC(=O)c1cc(-c2cc(C=O)co2)c(=O)n2c1CCC2. The number of furan rings is 1. The van der Waals surface area contributed by atoms with Crippen molar-refractivity contribution in [1.29, 1.82) is 0 Å². The van der Waals surface area contributed by atoms with E-state index in [0.29, 0.717) is 35.3 Å². The molecular weight excluding hydrogens is 258 g/mol. The first-order chi connectivity index (χ1) is 9.61. The van der Waals surface area contributed by atoms with E-state index in [4.69, 9.17) is 4.42 Å². The van der Waals surface area contributed by atoms with Crippen LogP contribution in [0.2, 0.25) is 0 Å². The van der Waals surface area contributed by atoms with Gasteiger partial charge < -0.3 is 8.98 Å². The van der Waals surface area contributed by atoms with Crippen LogP contribution in [0, 0.1) is 0 Å². The number of hydrogen-bond donors (Lipinski definition) is 0. The van der Waals surface area contributed by atoms with Crippen LogP contribution in [0.4, 0.5) is 0 Å². The molecular formula is C15H13NO4. The first-order valence-corrected chi connectivity index (χ1v) is 6.43. The lowest BCUT2D eigenvalue weighted by Crippen LogP contribution is -2.23. The number of Topliss-reactive ketones (excluding diaryl/α,β-unsaturated/α-hetero) is 1. The number of aromatic nitrogens is 1. The average molecular weight is 271 g/mol. The van der Waals surface area contributed by atoms with Crippen LogP contribution >= 0.6 is 0 Å². The minimum atomic E-state index is -0.172. The minimum absolute atomic E-state index is 0.0703. The summed E-state index contributed by atoms with van der Waals surface area (Å²) in [5.74, 6) is 0.251. The van der Waals surface area contributed by atoms with Gasteiger partial charge in [-0.25, -0.2) is 0 Å². The Morgan fingerprint density at radius 1 is 1.40 bits per heavy atom. The standard InChI is InChI=1S/C15H13NO4/c1-9(18)11-6-12(14-5-10(7-17)8-20-14)15(19)16-4-2-3-13(11)16/h5-8H,2-4H2,1H3. The summed E-state index contributed by atoms with van der Waals surface area (Å²) < 4.78 is 6.90. The highest BCUT2D eigenvalue weighted by Crippen LogP contribution is 2.24. The molecule has 20 heavy (non-hydrogen) atoms. The zero-order valence-corrected chi connectivity index (χ0v) is 11.0. The molecule has 3 rings (SSSR count). The summed E-state index contributed by atoms with van der Waals surface area (Å²) in [6.07, 6.45) is 3.55. The molecule has 0 saturated heterocycles. The van der Waals surface area contributed by atoms with Crippen LogP contribution < -0.4 is 5.56 Å². The molecule has 0 fully saturated rings. The Kier molecular flexibility index (Phi) is 2.89. The Labute approximate surface area is 114 Å². The molecule has 0 radical (unpaired) electrons. The molecule has 0 saturated carbocycles. The first-order valence-electron chi connectivity index (χ1n) is 6.43. The van der Waals surface area contributed by atoms with Gasteiger partial charge in [-0.2, -0.15) is 0 Å². The number of ketones is 1. The van der Waals surface area contributed by atoms with E-state index in [9.17, 15) is 14.4 Å². The third kappa shape index (κ3) is 1.82. The van der Waals surface area contributed by atoms with E-state index < -0.39 is 0 Å². The number of nitrogens with zero attached hydrogens (tertiary/aromatic N) is 1. The fourth-order valence-electron chi connectivity index (χ4n) is 2.65. The van der Waals surface area contributed by atoms with Gasteiger partial charge in [0.05, 0.1) is 11.1 Å². The number of carbonyl (C=O) groups is 2. The fourth-order valence-corrected chi connectivity index (χ4v) is 2.65. The molecule has 0 amide bonds. The summed E-state index contributed by atoms with van der Waals surface area (Å²) in [6.45, 7) is 2.10. The third-order valence-corrected chi connectivity index (χ3v) is 3.60. The Hall–Kier alpha value is -2.43. The second kappa shape index (κ2) is 4.59. The van der Waals surface area contributed by atoms with Gasteiger partial charge in [0.15, 0.2) is 12.1 Å². The van der Waals surface area contributed by atoms with E-state index in [1.807, 2.05) is 0 Å². The summed E-state index contributed by atoms with van der Waals surface area (Å²) >= 11 is 0. The summed E-state index contributed by atoms with van der Waals surface area (Å²) in [7, 11) is 0. The van der Waals surface area contributed by atoms with E-state index in [1.54, 1.807) is 10.6 Å². The Morgan fingerprint density at radius 2 is 2.20 bits per heavy atom. The van der Waals surface area contributed by atoms with Gasteiger partial charge in [-0.1, -0.05) is 0 Å². The van der Waals surface area contributed by atoms with Crippen LogP contribution in [-0.2, 0) is 13.0 Å². The van der Waals surface area contributed by atoms with Crippen molar-refractivity contribution >= 4 is 12.1 Å². The zero-order valence-electron chi connectivity index (χ0n) is 11.0. The highest BCUT2D eigenvalue weighted by Gasteiger charge is 2.22. The van der Waals surface area contributed by atoms with Gasteiger partial charge in [-0.15, -0.1) is 0 Å². The number of hydrogen-bond acceptors (Lipinski definition) is 4. The maximum atomic E-state index is 12.4. The van der Waals surface area contributed by atoms with Crippen molar-refractivity contribution in [1.82, 2.24) is 4.57 Å². The Balaban J connectivity index is 2.26. The number of aldehydes is 1. The molecule has 0 spiro atoms. The van der Waals surface area contributed by atoms with Gasteiger partial charge in [0.25, 0.3) is 5.56 Å². The summed E-state index contributed by atoms with van der Waals surface area (Å²) in [6, 6.07) is 3.09. The third-order valence-electron chi connectivity index (χ3n) is 3.60. The van der Waals surface area contributed by atoms with Crippen LogP contribution in [0.25, 0.3) is 11.3 Å². The smallest absolute Gasteiger partial charge is 0.261 e. The molecule has 0 aliphatic carbocycles. The van der Waals surface area contributed by atoms with Crippen LogP contribution in [0.3, 0.4) is 0 Å². The molecule has 0 unspecified atom stereocenters. The number of carbonyl (C=O) groups excluding carboxylic acids is 2. The van der Waals surface area contributed by atoms with Gasteiger partial charge in [-0.3, -0.25) is 14.4 Å². The molecule has 0 atom stereocenters. The minimum Gasteiger partial charge on any atom is -0.463 e. The molecule has 3 heterocycles.